The van der Waals surface area contributed by atoms with Crippen molar-refractivity contribution in [3.8, 4) is 0 Å². The molecule has 1 heterocycles. The number of aliphatic hydroxyl groups is 1. The number of aryl methyl sites for hydroxylation is 1. The Morgan fingerprint density at radius 2 is 1.84 bits per heavy atom. The van der Waals surface area contributed by atoms with E-state index in [0.717, 1.165) is 83.7 Å². The largest absolute Gasteiger partial charge is 0.396 e. The first-order valence-electron chi connectivity index (χ1n) is 12.4. The second-order valence-electron chi connectivity index (χ2n) is 9.66. The first kappa shape index (κ1) is 27.1. The molecule has 0 saturated carbocycles. The van der Waals surface area contributed by atoms with Gasteiger partial charge < -0.3 is 25.2 Å². The molecule has 0 radical (unpaired) electrons. The van der Waals surface area contributed by atoms with E-state index in [1.54, 1.807) is 0 Å². The van der Waals surface area contributed by atoms with E-state index in [1.807, 2.05) is 14.1 Å². The average Bonchev–Trinajstić information content (AvgIpc) is 2.82. The Kier molecular flexibility index (Phi) is 11.4. The van der Waals surface area contributed by atoms with Crippen LogP contribution in [0.15, 0.2) is 18.2 Å². The smallest absolute Gasteiger partial charge is 0.0658 e. The van der Waals surface area contributed by atoms with Crippen molar-refractivity contribution < 1.29 is 14.6 Å². The highest BCUT2D eigenvalue weighted by atomic mass is 16.5. The number of benzene rings is 1. The normalized spacial score (nSPS) is 18.8. The Bertz CT molecular complexity index is 660. The van der Waals surface area contributed by atoms with E-state index in [0.29, 0.717) is 0 Å². The third-order valence-corrected chi connectivity index (χ3v) is 7.27. The van der Waals surface area contributed by atoms with Crippen molar-refractivity contribution in [3.05, 3.63) is 29.3 Å². The first-order valence-corrected chi connectivity index (χ1v) is 12.4. The Morgan fingerprint density at radius 1 is 1.09 bits per heavy atom. The minimum absolute atomic E-state index is 0.102. The van der Waals surface area contributed by atoms with E-state index < -0.39 is 0 Å². The maximum absolute atomic E-state index is 9.45. The van der Waals surface area contributed by atoms with Crippen LogP contribution >= 0.6 is 0 Å². The fourth-order valence-corrected chi connectivity index (χ4v) is 4.29. The monoisotopic (exact) mass is 449 g/mol. The second kappa shape index (κ2) is 13.5. The van der Waals surface area contributed by atoms with Crippen LogP contribution in [-0.4, -0.2) is 74.8 Å². The highest BCUT2D eigenvalue weighted by Crippen LogP contribution is 2.28. The zero-order chi connectivity index (χ0) is 23.5. The fourth-order valence-electron chi connectivity index (χ4n) is 4.29. The lowest BCUT2D eigenvalue weighted by molar-refractivity contribution is -0.0536. The zero-order valence-corrected chi connectivity index (χ0v) is 21.1. The number of nitrogens with zero attached hydrogens (tertiary/aromatic N) is 1. The lowest BCUT2D eigenvalue weighted by Gasteiger charge is -2.34. The Hall–Kier alpha value is -1.18. The van der Waals surface area contributed by atoms with Crippen LogP contribution < -0.4 is 10.6 Å². The van der Waals surface area contributed by atoms with E-state index in [9.17, 15) is 5.11 Å². The molecular formula is C26H47N3O3. The topological polar surface area (TPSA) is 66.0 Å². The number of hydrogen-bond donors (Lipinski definition) is 3. The third-order valence-electron chi connectivity index (χ3n) is 7.27. The van der Waals surface area contributed by atoms with Crippen LogP contribution in [0.1, 0.15) is 64.0 Å². The molecule has 1 aliphatic rings. The third kappa shape index (κ3) is 8.64. The van der Waals surface area contributed by atoms with Crippen molar-refractivity contribution in [2.75, 3.05) is 58.9 Å². The summed E-state index contributed by atoms with van der Waals surface area (Å²) < 4.78 is 12.0. The van der Waals surface area contributed by atoms with Gasteiger partial charge in [0.1, 0.15) is 0 Å². The Balaban J connectivity index is 2.07. The summed E-state index contributed by atoms with van der Waals surface area (Å²) >= 11 is 0. The molecule has 6 heteroatoms. The van der Waals surface area contributed by atoms with Crippen LogP contribution in [0.4, 0.5) is 5.69 Å². The van der Waals surface area contributed by atoms with Gasteiger partial charge in [0.2, 0.25) is 0 Å². The van der Waals surface area contributed by atoms with E-state index in [-0.39, 0.29) is 17.7 Å². The van der Waals surface area contributed by atoms with Crippen molar-refractivity contribution >= 4 is 5.69 Å². The van der Waals surface area contributed by atoms with Crippen LogP contribution in [0.2, 0.25) is 0 Å². The van der Waals surface area contributed by atoms with Crippen molar-refractivity contribution in [1.29, 1.82) is 0 Å². The molecule has 1 aromatic carbocycles. The van der Waals surface area contributed by atoms with Crippen molar-refractivity contribution in [1.82, 2.24) is 10.2 Å². The van der Waals surface area contributed by atoms with E-state index in [2.05, 4.69) is 54.5 Å². The van der Waals surface area contributed by atoms with Gasteiger partial charge in [-0.1, -0.05) is 13.0 Å². The van der Waals surface area contributed by atoms with Gasteiger partial charge in [0, 0.05) is 51.1 Å². The molecule has 0 spiro atoms. The zero-order valence-electron chi connectivity index (χ0n) is 21.1. The van der Waals surface area contributed by atoms with Gasteiger partial charge in [0.25, 0.3) is 0 Å². The molecular weight excluding hydrogens is 402 g/mol. The highest BCUT2D eigenvalue weighted by molar-refractivity contribution is 5.48. The highest BCUT2D eigenvalue weighted by Gasteiger charge is 2.27. The number of morpholine rings is 1. The van der Waals surface area contributed by atoms with E-state index in [4.69, 9.17) is 9.47 Å². The number of hydrogen-bond acceptors (Lipinski definition) is 6. The van der Waals surface area contributed by atoms with Crippen molar-refractivity contribution in [2.45, 2.75) is 77.0 Å². The SMILES string of the molecule is CCC(C)(CCOC(C)(CCCO)CCc1cc(NC)ccc1CN1CCOCC1)NC. The average molecular weight is 450 g/mol. The molecule has 3 N–H and O–H groups in total. The standard InChI is InChI=1S/C26H47N3O3/c1-6-25(2,28-5)13-17-32-26(3,11-7-16-30)12-10-22-20-24(27-4)9-8-23(22)21-29-14-18-31-19-15-29/h8-9,20,27-28,30H,6-7,10-19,21H2,1-5H3. The van der Waals surface area contributed by atoms with Gasteiger partial charge in [-0.3, -0.25) is 4.90 Å². The predicted octanol–water partition coefficient (Wildman–Crippen LogP) is 3.82. The van der Waals surface area contributed by atoms with Crippen LogP contribution in [0, 0.1) is 0 Å². The molecule has 2 atom stereocenters. The van der Waals surface area contributed by atoms with Gasteiger partial charge in [0.05, 0.1) is 18.8 Å². The van der Waals surface area contributed by atoms with Gasteiger partial charge >= 0.3 is 0 Å². The Labute approximate surface area is 196 Å². The minimum atomic E-state index is -0.239. The summed E-state index contributed by atoms with van der Waals surface area (Å²) in [6, 6.07) is 6.73. The van der Waals surface area contributed by atoms with Crippen molar-refractivity contribution in [3.63, 3.8) is 0 Å². The van der Waals surface area contributed by atoms with Crippen molar-refractivity contribution in [2.24, 2.45) is 0 Å². The van der Waals surface area contributed by atoms with Crippen LogP contribution in [-0.2, 0) is 22.4 Å². The number of anilines is 1. The Morgan fingerprint density at radius 3 is 2.47 bits per heavy atom. The maximum atomic E-state index is 9.45. The lowest BCUT2D eigenvalue weighted by Crippen LogP contribution is -2.41. The molecule has 0 aliphatic carbocycles. The van der Waals surface area contributed by atoms with E-state index in [1.165, 1.54) is 11.1 Å². The molecule has 2 rings (SSSR count). The predicted molar refractivity (Wildman–Crippen MR) is 133 cm³/mol. The number of aliphatic hydroxyl groups excluding tert-OH is 1. The minimum Gasteiger partial charge on any atom is -0.396 e. The summed E-state index contributed by atoms with van der Waals surface area (Å²) in [6.07, 6.45) is 5.60. The molecule has 1 aliphatic heterocycles. The van der Waals surface area contributed by atoms with Gasteiger partial charge in [-0.05, 0) is 82.7 Å². The van der Waals surface area contributed by atoms with Gasteiger partial charge in [-0.2, -0.15) is 0 Å². The summed E-state index contributed by atoms with van der Waals surface area (Å²) in [5.74, 6) is 0. The number of rotatable bonds is 15. The quantitative estimate of drug-likeness (QED) is 0.378. The van der Waals surface area contributed by atoms with Crippen LogP contribution in [0.3, 0.4) is 0 Å². The number of nitrogens with one attached hydrogen (secondary N) is 2. The lowest BCUT2D eigenvalue weighted by atomic mass is 9.89. The summed E-state index contributed by atoms with van der Waals surface area (Å²) in [5.41, 5.74) is 3.79. The molecule has 2 unspecified atom stereocenters. The van der Waals surface area contributed by atoms with Gasteiger partial charge in [-0.25, -0.2) is 0 Å². The second-order valence-corrected chi connectivity index (χ2v) is 9.66. The molecule has 32 heavy (non-hydrogen) atoms. The molecule has 1 fully saturated rings. The maximum Gasteiger partial charge on any atom is 0.0658 e. The van der Waals surface area contributed by atoms with Gasteiger partial charge in [0.15, 0.2) is 0 Å². The number of ether oxygens (including phenoxy) is 2. The summed E-state index contributed by atoms with van der Waals surface area (Å²) in [4.78, 5) is 2.48. The molecule has 0 aromatic heterocycles. The van der Waals surface area contributed by atoms with E-state index >= 15 is 0 Å². The summed E-state index contributed by atoms with van der Waals surface area (Å²) in [6.45, 7) is 12.2. The molecule has 1 aromatic rings. The molecule has 0 bridgehead atoms. The molecule has 0 amide bonds. The van der Waals surface area contributed by atoms with Crippen LogP contribution in [0.25, 0.3) is 0 Å². The van der Waals surface area contributed by atoms with Crippen LogP contribution in [0.5, 0.6) is 0 Å². The first-order chi connectivity index (χ1) is 15.4. The molecule has 1 saturated heterocycles. The molecule has 6 nitrogen and oxygen atoms in total. The summed E-state index contributed by atoms with van der Waals surface area (Å²) in [5, 5.41) is 16.2. The van der Waals surface area contributed by atoms with Gasteiger partial charge in [-0.15, -0.1) is 0 Å². The fraction of sp³-hybridized carbons (Fsp3) is 0.769. The summed E-state index contributed by atoms with van der Waals surface area (Å²) in [7, 11) is 4.00. The molecule has 184 valence electrons.